The monoisotopic (exact) mass is 342 g/mol. The lowest BCUT2D eigenvalue weighted by atomic mass is 10.2. The van der Waals surface area contributed by atoms with Crippen molar-refractivity contribution < 1.29 is 26.7 Å². The minimum absolute atomic E-state index is 0.0337. The first-order valence-electron chi connectivity index (χ1n) is 5.41. The predicted molar refractivity (Wildman–Crippen MR) is 67.0 cm³/mol. The first-order chi connectivity index (χ1) is 9.84. The van der Waals surface area contributed by atoms with Crippen LogP contribution in [0.3, 0.4) is 0 Å². The van der Waals surface area contributed by atoms with Gasteiger partial charge in [0.25, 0.3) is 0 Å². The van der Waals surface area contributed by atoms with Crippen LogP contribution in [0.2, 0.25) is 10.0 Å². The molecule has 0 aliphatic carbocycles. The van der Waals surface area contributed by atoms with Crippen LogP contribution in [0.1, 0.15) is 5.56 Å². The zero-order valence-electron chi connectivity index (χ0n) is 9.99. The molecule has 0 aliphatic rings. The summed E-state index contributed by atoms with van der Waals surface area (Å²) in [6, 6.07) is 4.28. The standard InChI is InChI=1S/C13H5Cl2F5O/c14-6-2-1-3-7(15)13(6)21-4-5-8(16)10(18)12(20)11(19)9(5)17/h1-3H,4H2. The fourth-order valence-corrected chi connectivity index (χ4v) is 2.05. The van der Waals surface area contributed by atoms with E-state index in [9.17, 15) is 22.0 Å². The maximum absolute atomic E-state index is 13.4. The molecule has 0 atom stereocenters. The smallest absolute Gasteiger partial charge is 0.200 e. The van der Waals surface area contributed by atoms with Gasteiger partial charge in [-0.15, -0.1) is 0 Å². The molecule has 2 rings (SSSR count). The second kappa shape index (κ2) is 6.07. The molecule has 0 heterocycles. The van der Waals surface area contributed by atoms with Crippen molar-refractivity contribution in [3.63, 3.8) is 0 Å². The summed E-state index contributed by atoms with van der Waals surface area (Å²) in [4.78, 5) is 0. The van der Waals surface area contributed by atoms with Crippen LogP contribution in [0.4, 0.5) is 22.0 Å². The number of benzene rings is 2. The number of rotatable bonds is 3. The minimum atomic E-state index is -2.23. The summed E-state index contributed by atoms with van der Waals surface area (Å²) in [5, 5.41) is 0.0674. The van der Waals surface area contributed by atoms with E-state index in [-0.39, 0.29) is 15.8 Å². The molecular formula is C13H5Cl2F5O. The van der Waals surface area contributed by atoms with E-state index >= 15 is 0 Å². The van der Waals surface area contributed by atoms with E-state index < -0.39 is 41.3 Å². The van der Waals surface area contributed by atoms with Crippen LogP contribution >= 0.6 is 23.2 Å². The summed E-state index contributed by atoms with van der Waals surface area (Å²) in [7, 11) is 0. The third-order valence-electron chi connectivity index (χ3n) is 2.58. The average molecular weight is 343 g/mol. The van der Waals surface area contributed by atoms with Crippen LogP contribution in [-0.4, -0.2) is 0 Å². The highest BCUT2D eigenvalue weighted by atomic mass is 35.5. The zero-order valence-corrected chi connectivity index (χ0v) is 11.5. The Morgan fingerprint density at radius 3 is 1.67 bits per heavy atom. The van der Waals surface area contributed by atoms with E-state index in [0.29, 0.717) is 0 Å². The van der Waals surface area contributed by atoms with Crippen molar-refractivity contribution in [1.82, 2.24) is 0 Å². The van der Waals surface area contributed by atoms with Crippen molar-refractivity contribution in [1.29, 1.82) is 0 Å². The highest BCUT2D eigenvalue weighted by Gasteiger charge is 2.26. The third-order valence-corrected chi connectivity index (χ3v) is 3.18. The molecule has 1 nitrogen and oxygen atoms in total. The van der Waals surface area contributed by atoms with Gasteiger partial charge in [0.05, 0.1) is 15.6 Å². The van der Waals surface area contributed by atoms with Crippen LogP contribution in [-0.2, 0) is 6.61 Å². The van der Waals surface area contributed by atoms with Crippen LogP contribution in [0.5, 0.6) is 5.75 Å². The summed E-state index contributed by atoms with van der Waals surface area (Å²) in [5.74, 6) is -10.4. The maximum Gasteiger partial charge on any atom is 0.200 e. The van der Waals surface area contributed by atoms with Gasteiger partial charge in [0, 0.05) is 0 Å². The van der Waals surface area contributed by atoms with E-state index in [1.54, 1.807) is 0 Å². The van der Waals surface area contributed by atoms with Gasteiger partial charge in [-0.3, -0.25) is 0 Å². The Labute approximate surface area is 125 Å². The van der Waals surface area contributed by atoms with Gasteiger partial charge in [0.15, 0.2) is 29.0 Å². The predicted octanol–water partition coefficient (Wildman–Crippen LogP) is 5.27. The molecule has 0 radical (unpaired) electrons. The molecule has 2 aromatic carbocycles. The molecule has 0 saturated carbocycles. The summed E-state index contributed by atoms with van der Waals surface area (Å²) in [6.45, 7) is -0.921. The highest BCUT2D eigenvalue weighted by Crippen LogP contribution is 2.33. The van der Waals surface area contributed by atoms with Crippen LogP contribution < -0.4 is 4.74 Å². The molecule has 0 fully saturated rings. The zero-order chi connectivity index (χ0) is 15.7. The summed E-state index contributed by atoms with van der Waals surface area (Å²) >= 11 is 11.5. The summed E-state index contributed by atoms with van der Waals surface area (Å²) < 4.78 is 70.8. The molecule has 0 amide bonds. The first kappa shape index (κ1) is 15.9. The Balaban J connectivity index is 2.37. The number of para-hydroxylation sites is 1. The lowest BCUT2D eigenvalue weighted by Gasteiger charge is -2.12. The molecule has 2 aromatic rings. The molecule has 0 aromatic heterocycles. The Morgan fingerprint density at radius 1 is 0.762 bits per heavy atom. The molecule has 0 spiro atoms. The van der Waals surface area contributed by atoms with Gasteiger partial charge >= 0.3 is 0 Å². The van der Waals surface area contributed by atoms with Gasteiger partial charge in [0.1, 0.15) is 6.61 Å². The average Bonchev–Trinajstić information content (AvgIpc) is 2.45. The Morgan fingerprint density at radius 2 is 1.19 bits per heavy atom. The van der Waals surface area contributed by atoms with Crippen LogP contribution in [0.15, 0.2) is 18.2 Å². The summed E-state index contributed by atoms with van der Waals surface area (Å²) in [6.07, 6.45) is 0. The van der Waals surface area contributed by atoms with Crippen molar-refractivity contribution >= 4 is 23.2 Å². The molecule has 21 heavy (non-hydrogen) atoms. The quantitative estimate of drug-likeness (QED) is 0.419. The Kier molecular flexibility index (Phi) is 4.58. The van der Waals surface area contributed by atoms with Gasteiger partial charge in [-0.2, -0.15) is 0 Å². The van der Waals surface area contributed by atoms with Gasteiger partial charge in [-0.05, 0) is 12.1 Å². The Hall–Kier alpha value is -1.53. The largest absolute Gasteiger partial charge is 0.486 e. The highest BCUT2D eigenvalue weighted by molar-refractivity contribution is 6.37. The van der Waals surface area contributed by atoms with Crippen molar-refractivity contribution in [3.05, 3.63) is 62.9 Å². The number of hydrogen-bond acceptors (Lipinski definition) is 1. The molecule has 0 aliphatic heterocycles. The summed E-state index contributed by atoms with van der Waals surface area (Å²) in [5.41, 5.74) is -1.11. The molecule has 0 bridgehead atoms. The van der Waals surface area contributed by atoms with Gasteiger partial charge in [-0.25, -0.2) is 22.0 Å². The van der Waals surface area contributed by atoms with E-state index in [1.165, 1.54) is 18.2 Å². The van der Waals surface area contributed by atoms with E-state index in [2.05, 4.69) is 0 Å². The number of halogens is 7. The first-order valence-corrected chi connectivity index (χ1v) is 6.17. The normalized spacial score (nSPS) is 10.8. The molecule has 0 N–H and O–H groups in total. The number of hydrogen-bond donors (Lipinski definition) is 0. The molecule has 8 heteroatoms. The maximum atomic E-state index is 13.4. The van der Waals surface area contributed by atoms with E-state index in [0.717, 1.165) is 0 Å². The molecule has 0 unspecified atom stereocenters. The molecular weight excluding hydrogens is 338 g/mol. The third kappa shape index (κ3) is 2.91. The number of ether oxygens (including phenoxy) is 1. The fourth-order valence-electron chi connectivity index (χ4n) is 1.54. The van der Waals surface area contributed by atoms with Crippen LogP contribution in [0.25, 0.3) is 0 Å². The van der Waals surface area contributed by atoms with Crippen LogP contribution in [0, 0.1) is 29.1 Å². The van der Waals surface area contributed by atoms with Gasteiger partial charge in [0.2, 0.25) is 5.82 Å². The van der Waals surface area contributed by atoms with E-state index in [4.69, 9.17) is 27.9 Å². The fraction of sp³-hybridized carbons (Fsp3) is 0.0769. The Bertz CT molecular complexity index is 656. The SMILES string of the molecule is Fc1c(F)c(F)c(COc2c(Cl)cccc2Cl)c(F)c1F. The molecule has 112 valence electrons. The molecule has 0 saturated heterocycles. The lowest BCUT2D eigenvalue weighted by Crippen LogP contribution is -2.10. The van der Waals surface area contributed by atoms with E-state index in [1.807, 2.05) is 0 Å². The van der Waals surface area contributed by atoms with Crippen molar-refractivity contribution in [2.24, 2.45) is 0 Å². The van der Waals surface area contributed by atoms with Gasteiger partial charge < -0.3 is 4.74 Å². The topological polar surface area (TPSA) is 9.23 Å². The van der Waals surface area contributed by atoms with Crippen molar-refractivity contribution in [2.75, 3.05) is 0 Å². The minimum Gasteiger partial charge on any atom is -0.486 e. The van der Waals surface area contributed by atoms with Crippen molar-refractivity contribution in [2.45, 2.75) is 6.61 Å². The lowest BCUT2D eigenvalue weighted by molar-refractivity contribution is 0.279. The second-order valence-corrected chi connectivity index (χ2v) is 4.70. The van der Waals surface area contributed by atoms with Gasteiger partial charge in [-0.1, -0.05) is 29.3 Å². The van der Waals surface area contributed by atoms with Crippen molar-refractivity contribution in [3.8, 4) is 5.75 Å². The second-order valence-electron chi connectivity index (χ2n) is 3.89.